The van der Waals surface area contributed by atoms with Crippen molar-refractivity contribution >= 4 is 11.9 Å². The molecular weight excluding hydrogens is 290 g/mol. The Hall–Kier alpha value is -1.84. The molecule has 4 nitrogen and oxygen atoms in total. The predicted molar refractivity (Wildman–Crippen MR) is 90.0 cm³/mol. The van der Waals surface area contributed by atoms with Crippen LogP contribution in [0.2, 0.25) is 0 Å². The van der Waals surface area contributed by atoms with Crippen LogP contribution in [-0.2, 0) is 16.0 Å². The summed E-state index contributed by atoms with van der Waals surface area (Å²) in [5.41, 5.74) is 0.980. The molecule has 1 saturated carbocycles. The van der Waals surface area contributed by atoms with Crippen molar-refractivity contribution in [2.45, 2.75) is 45.4 Å². The normalized spacial score (nSPS) is 17.6. The van der Waals surface area contributed by atoms with Gasteiger partial charge in [-0.25, -0.2) is 0 Å². The standard InChI is InChI=1S/C19H27NO3/c1-14(11-15-9-5-6-10-15)18(21)20-13-17(19(22)23)12-16-7-3-2-4-8-16/h2-4,7-8,14-15,17H,5-6,9-13H2,1H3,(H,20,21)(H,22,23). The third-order valence-corrected chi connectivity index (χ3v) is 4.81. The van der Waals surface area contributed by atoms with E-state index in [-0.39, 0.29) is 18.4 Å². The fourth-order valence-corrected chi connectivity index (χ4v) is 3.40. The molecule has 0 heterocycles. The summed E-state index contributed by atoms with van der Waals surface area (Å²) in [7, 11) is 0. The molecule has 0 bridgehead atoms. The molecule has 2 N–H and O–H groups in total. The van der Waals surface area contributed by atoms with Crippen molar-refractivity contribution in [1.29, 1.82) is 0 Å². The first kappa shape index (κ1) is 17.5. The Morgan fingerprint density at radius 3 is 2.48 bits per heavy atom. The van der Waals surface area contributed by atoms with E-state index in [4.69, 9.17) is 0 Å². The molecule has 1 aliphatic carbocycles. The highest BCUT2D eigenvalue weighted by Gasteiger charge is 2.24. The highest BCUT2D eigenvalue weighted by Crippen LogP contribution is 2.30. The maximum atomic E-state index is 12.2. The summed E-state index contributed by atoms with van der Waals surface area (Å²) in [4.78, 5) is 23.6. The number of carbonyl (C=O) groups is 2. The zero-order chi connectivity index (χ0) is 16.7. The average Bonchev–Trinajstić information content (AvgIpc) is 3.04. The molecule has 23 heavy (non-hydrogen) atoms. The molecule has 1 aromatic carbocycles. The van der Waals surface area contributed by atoms with Crippen LogP contribution in [0, 0.1) is 17.8 Å². The van der Waals surface area contributed by atoms with Crippen LogP contribution in [0.4, 0.5) is 0 Å². The quantitative estimate of drug-likeness (QED) is 0.773. The molecule has 0 spiro atoms. The number of carbonyl (C=O) groups excluding carboxylic acids is 1. The number of aliphatic carboxylic acids is 1. The Morgan fingerprint density at radius 2 is 1.87 bits per heavy atom. The zero-order valence-electron chi connectivity index (χ0n) is 13.8. The van der Waals surface area contributed by atoms with Crippen molar-refractivity contribution in [2.75, 3.05) is 6.54 Å². The number of nitrogens with one attached hydrogen (secondary N) is 1. The predicted octanol–water partition coefficient (Wildman–Crippen LogP) is 3.26. The number of carboxylic acids is 1. The van der Waals surface area contributed by atoms with Crippen LogP contribution in [0.1, 0.15) is 44.6 Å². The Labute approximate surface area is 138 Å². The van der Waals surface area contributed by atoms with Gasteiger partial charge in [0.2, 0.25) is 5.91 Å². The Kier molecular flexibility index (Phi) is 6.63. The highest BCUT2D eigenvalue weighted by molar-refractivity contribution is 5.79. The first-order valence-corrected chi connectivity index (χ1v) is 8.60. The van der Waals surface area contributed by atoms with Crippen LogP contribution < -0.4 is 5.32 Å². The van der Waals surface area contributed by atoms with Crippen molar-refractivity contribution in [3.05, 3.63) is 35.9 Å². The van der Waals surface area contributed by atoms with Crippen molar-refractivity contribution in [3.63, 3.8) is 0 Å². The number of carboxylic acid groups (broad SMARTS) is 1. The van der Waals surface area contributed by atoms with Gasteiger partial charge < -0.3 is 10.4 Å². The summed E-state index contributed by atoms with van der Waals surface area (Å²) in [6.45, 7) is 2.14. The minimum atomic E-state index is -0.863. The molecule has 0 aromatic heterocycles. The topological polar surface area (TPSA) is 66.4 Å². The van der Waals surface area contributed by atoms with Crippen LogP contribution >= 0.6 is 0 Å². The molecule has 4 heteroatoms. The van der Waals surface area contributed by atoms with Crippen LogP contribution in [0.25, 0.3) is 0 Å². The van der Waals surface area contributed by atoms with Gasteiger partial charge >= 0.3 is 5.97 Å². The number of benzene rings is 1. The number of amides is 1. The molecule has 0 radical (unpaired) electrons. The van der Waals surface area contributed by atoms with Gasteiger partial charge in [0.1, 0.15) is 0 Å². The molecule has 1 aliphatic rings. The number of hydrogen-bond donors (Lipinski definition) is 2. The molecule has 2 atom stereocenters. The first-order chi connectivity index (χ1) is 11.1. The fourth-order valence-electron chi connectivity index (χ4n) is 3.40. The molecule has 2 unspecified atom stereocenters. The SMILES string of the molecule is CC(CC1CCCC1)C(=O)NCC(Cc1ccccc1)C(=O)O. The lowest BCUT2D eigenvalue weighted by atomic mass is 9.93. The van der Waals surface area contributed by atoms with E-state index in [1.54, 1.807) is 0 Å². The molecule has 0 saturated heterocycles. The van der Waals surface area contributed by atoms with Gasteiger partial charge in [-0.2, -0.15) is 0 Å². The minimum Gasteiger partial charge on any atom is -0.481 e. The van der Waals surface area contributed by atoms with Gasteiger partial charge in [0, 0.05) is 12.5 Å². The smallest absolute Gasteiger partial charge is 0.308 e. The molecule has 0 aliphatic heterocycles. The fraction of sp³-hybridized carbons (Fsp3) is 0.579. The lowest BCUT2D eigenvalue weighted by Crippen LogP contribution is -2.37. The summed E-state index contributed by atoms with van der Waals surface area (Å²) in [6, 6.07) is 9.54. The second-order valence-corrected chi connectivity index (χ2v) is 6.76. The van der Waals surface area contributed by atoms with Crippen LogP contribution in [-0.4, -0.2) is 23.5 Å². The largest absolute Gasteiger partial charge is 0.481 e. The Bertz CT molecular complexity index is 509. The summed E-state index contributed by atoms with van der Waals surface area (Å²) in [5, 5.41) is 12.2. The third-order valence-electron chi connectivity index (χ3n) is 4.81. The summed E-state index contributed by atoms with van der Waals surface area (Å²) < 4.78 is 0. The molecule has 2 rings (SSSR count). The Balaban J connectivity index is 1.80. The molecule has 1 amide bonds. The van der Waals surface area contributed by atoms with E-state index in [9.17, 15) is 14.7 Å². The van der Waals surface area contributed by atoms with Gasteiger partial charge in [-0.05, 0) is 24.3 Å². The van der Waals surface area contributed by atoms with Gasteiger partial charge in [-0.1, -0.05) is 62.9 Å². The third kappa shape index (κ3) is 5.70. The maximum Gasteiger partial charge on any atom is 0.308 e. The molecule has 1 aromatic rings. The van der Waals surface area contributed by atoms with Crippen molar-refractivity contribution in [1.82, 2.24) is 5.32 Å². The van der Waals surface area contributed by atoms with E-state index in [2.05, 4.69) is 5.32 Å². The monoisotopic (exact) mass is 317 g/mol. The van der Waals surface area contributed by atoms with Gasteiger partial charge in [-0.3, -0.25) is 9.59 Å². The maximum absolute atomic E-state index is 12.2. The Morgan fingerprint density at radius 1 is 1.22 bits per heavy atom. The summed E-state index contributed by atoms with van der Waals surface area (Å²) in [5.74, 6) is -0.839. The first-order valence-electron chi connectivity index (χ1n) is 8.60. The van der Waals surface area contributed by atoms with E-state index in [0.717, 1.165) is 12.0 Å². The molecule has 1 fully saturated rings. The number of hydrogen-bond acceptors (Lipinski definition) is 2. The van der Waals surface area contributed by atoms with Crippen LogP contribution in [0.3, 0.4) is 0 Å². The summed E-state index contributed by atoms with van der Waals surface area (Å²) in [6.07, 6.45) is 6.36. The molecule has 126 valence electrons. The van der Waals surface area contributed by atoms with Gasteiger partial charge in [0.25, 0.3) is 0 Å². The van der Waals surface area contributed by atoms with Crippen molar-refractivity contribution in [2.24, 2.45) is 17.8 Å². The number of rotatable bonds is 8. The van der Waals surface area contributed by atoms with E-state index < -0.39 is 11.9 Å². The van der Waals surface area contributed by atoms with Gasteiger partial charge in [0.05, 0.1) is 5.92 Å². The van der Waals surface area contributed by atoms with Crippen LogP contribution in [0.15, 0.2) is 30.3 Å². The van der Waals surface area contributed by atoms with E-state index in [0.29, 0.717) is 12.3 Å². The molecular formula is C19H27NO3. The van der Waals surface area contributed by atoms with E-state index >= 15 is 0 Å². The zero-order valence-corrected chi connectivity index (χ0v) is 13.8. The highest BCUT2D eigenvalue weighted by atomic mass is 16.4. The average molecular weight is 317 g/mol. The van der Waals surface area contributed by atoms with Gasteiger partial charge in [-0.15, -0.1) is 0 Å². The van der Waals surface area contributed by atoms with E-state index in [1.165, 1.54) is 25.7 Å². The summed E-state index contributed by atoms with van der Waals surface area (Å²) >= 11 is 0. The van der Waals surface area contributed by atoms with Crippen molar-refractivity contribution in [3.8, 4) is 0 Å². The lowest BCUT2D eigenvalue weighted by molar-refractivity contribution is -0.141. The minimum absolute atomic E-state index is 0.0174. The second-order valence-electron chi connectivity index (χ2n) is 6.76. The van der Waals surface area contributed by atoms with Crippen molar-refractivity contribution < 1.29 is 14.7 Å². The lowest BCUT2D eigenvalue weighted by Gasteiger charge is -2.18. The van der Waals surface area contributed by atoms with Gasteiger partial charge in [0.15, 0.2) is 0 Å². The van der Waals surface area contributed by atoms with E-state index in [1.807, 2.05) is 37.3 Å². The second kappa shape index (κ2) is 8.70. The van der Waals surface area contributed by atoms with Crippen LogP contribution in [0.5, 0.6) is 0 Å².